The molecule has 0 radical (unpaired) electrons. The van der Waals surface area contributed by atoms with E-state index in [1.54, 1.807) is 0 Å². The molecule has 0 amide bonds. The van der Waals surface area contributed by atoms with Crippen LogP contribution in [0.4, 0.5) is 0 Å². The highest BCUT2D eigenvalue weighted by atomic mass is 15.3. The number of nitrogens with zero attached hydrogens (tertiary/aromatic N) is 2. The first-order valence-corrected chi connectivity index (χ1v) is 6.52. The maximum absolute atomic E-state index is 5.62. The molecule has 3 rings (SSSR count). The molecule has 0 aliphatic heterocycles. The van der Waals surface area contributed by atoms with Crippen LogP contribution in [0.1, 0.15) is 11.1 Å². The molecule has 0 aliphatic carbocycles. The zero-order chi connectivity index (χ0) is 13.2. The number of hydrogen-bond acceptors (Lipinski definition) is 2. The molecule has 3 aromatic rings. The summed E-state index contributed by atoms with van der Waals surface area (Å²) < 4.78 is 1.98. The van der Waals surface area contributed by atoms with E-state index in [1.165, 1.54) is 11.1 Å². The lowest BCUT2D eigenvalue weighted by atomic mass is 10.1. The summed E-state index contributed by atoms with van der Waals surface area (Å²) in [5.74, 6) is 0. The zero-order valence-electron chi connectivity index (χ0n) is 11.0. The fourth-order valence-electron chi connectivity index (χ4n) is 2.43. The summed E-state index contributed by atoms with van der Waals surface area (Å²) in [7, 11) is 0. The van der Waals surface area contributed by atoms with Crippen molar-refractivity contribution in [2.45, 2.75) is 13.3 Å². The molecule has 3 nitrogen and oxygen atoms in total. The zero-order valence-corrected chi connectivity index (χ0v) is 11.0. The third-order valence-electron chi connectivity index (χ3n) is 3.46. The summed E-state index contributed by atoms with van der Waals surface area (Å²) in [4.78, 5) is 0. The van der Waals surface area contributed by atoms with Crippen molar-refractivity contribution in [3.8, 4) is 5.69 Å². The Balaban J connectivity index is 2.09. The van der Waals surface area contributed by atoms with Crippen molar-refractivity contribution in [1.29, 1.82) is 0 Å². The van der Waals surface area contributed by atoms with Crippen molar-refractivity contribution in [2.75, 3.05) is 6.54 Å². The first-order chi connectivity index (χ1) is 9.29. The van der Waals surface area contributed by atoms with Crippen molar-refractivity contribution >= 4 is 10.9 Å². The topological polar surface area (TPSA) is 43.8 Å². The van der Waals surface area contributed by atoms with Gasteiger partial charge in [0.2, 0.25) is 0 Å². The number of benzene rings is 2. The Morgan fingerprint density at radius 1 is 1.16 bits per heavy atom. The average molecular weight is 251 g/mol. The van der Waals surface area contributed by atoms with Gasteiger partial charge in [0, 0.05) is 5.39 Å². The summed E-state index contributed by atoms with van der Waals surface area (Å²) >= 11 is 0. The van der Waals surface area contributed by atoms with E-state index in [0.29, 0.717) is 6.54 Å². The van der Waals surface area contributed by atoms with Crippen molar-refractivity contribution in [3.63, 3.8) is 0 Å². The van der Waals surface area contributed by atoms with Gasteiger partial charge in [-0.3, -0.25) is 0 Å². The third-order valence-corrected chi connectivity index (χ3v) is 3.46. The molecule has 2 aromatic carbocycles. The van der Waals surface area contributed by atoms with Crippen molar-refractivity contribution in [1.82, 2.24) is 9.78 Å². The van der Waals surface area contributed by atoms with E-state index in [4.69, 9.17) is 5.73 Å². The summed E-state index contributed by atoms with van der Waals surface area (Å²) in [5, 5.41) is 5.63. The van der Waals surface area contributed by atoms with Crippen molar-refractivity contribution < 1.29 is 0 Å². The van der Waals surface area contributed by atoms with Crippen LogP contribution in [0.25, 0.3) is 16.6 Å². The minimum atomic E-state index is 0.685. The lowest BCUT2D eigenvalue weighted by Crippen LogP contribution is -2.05. The number of fused-ring (bicyclic) bond motifs is 1. The minimum absolute atomic E-state index is 0.685. The summed E-state index contributed by atoms with van der Waals surface area (Å²) in [6.07, 6.45) is 2.82. The smallest absolute Gasteiger partial charge is 0.0741 e. The molecule has 0 aliphatic rings. The fraction of sp³-hybridized carbons (Fsp3) is 0.188. The molecule has 0 atom stereocenters. The molecule has 0 spiro atoms. The number of aryl methyl sites for hydroxylation is 1. The van der Waals surface area contributed by atoms with Gasteiger partial charge in [-0.25, -0.2) is 4.68 Å². The molecular formula is C16H17N3. The SMILES string of the molecule is Cc1cc(-n2ncc3ccccc32)ccc1CCN. The second-order valence-electron chi connectivity index (χ2n) is 4.76. The van der Waals surface area contributed by atoms with Crippen LogP contribution in [0.15, 0.2) is 48.7 Å². The molecule has 2 N–H and O–H groups in total. The number of rotatable bonds is 3. The maximum Gasteiger partial charge on any atom is 0.0741 e. The van der Waals surface area contributed by atoms with Gasteiger partial charge >= 0.3 is 0 Å². The Morgan fingerprint density at radius 3 is 2.79 bits per heavy atom. The second-order valence-corrected chi connectivity index (χ2v) is 4.76. The van der Waals surface area contributed by atoms with E-state index in [0.717, 1.165) is 23.0 Å². The standard InChI is InChI=1S/C16H17N3/c1-12-10-15(7-6-13(12)8-9-17)19-16-5-3-2-4-14(16)11-18-19/h2-7,10-11H,8-9,17H2,1H3. The number of hydrogen-bond donors (Lipinski definition) is 1. The number of aromatic nitrogens is 2. The molecule has 0 bridgehead atoms. The molecule has 19 heavy (non-hydrogen) atoms. The Bertz CT molecular complexity index is 713. The molecule has 3 heteroatoms. The predicted octanol–water partition coefficient (Wildman–Crippen LogP) is 2.84. The Kier molecular flexibility index (Phi) is 3.05. The Morgan fingerprint density at radius 2 is 2.00 bits per heavy atom. The molecule has 96 valence electrons. The van der Waals surface area contributed by atoms with Gasteiger partial charge in [0.1, 0.15) is 0 Å². The van der Waals surface area contributed by atoms with Crippen LogP contribution in [0.5, 0.6) is 0 Å². The van der Waals surface area contributed by atoms with E-state index >= 15 is 0 Å². The van der Waals surface area contributed by atoms with Crippen molar-refractivity contribution in [2.24, 2.45) is 5.73 Å². The Labute approximate surface area is 112 Å². The van der Waals surface area contributed by atoms with E-state index < -0.39 is 0 Å². The van der Waals surface area contributed by atoms with E-state index in [9.17, 15) is 0 Å². The van der Waals surface area contributed by atoms with Gasteiger partial charge in [-0.15, -0.1) is 0 Å². The van der Waals surface area contributed by atoms with Gasteiger partial charge in [0.25, 0.3) is 0 Å². The molecule has 0 unspecified atom stereocenters. The number of nitrogens with two attached hydrogens (primary N) is 1. The highest BCUT2D eigenvalue weighted by Crippen LogP contribution is 2.20. The monoisotopic (exact) mass is 251 g/mol. The van der Waals surface area contributed by atoms with Gasteiger partial charge in [-0.2, -0.15) is 5.10 Å². The summed E-state index contributed by atoms with van der Waals surface area (Å²) in [6, 6.07) is 14.7. The molecular weight excluding hydrogens is 234 g/mol. The fourth-order valence-corrected chi connectivity index (χ4v) is 2.43. The van der Waals surface area contributed by atoms with Gasteiger partial charge in [-0.1, -0.05) is 24.3 Å². The first-order valence-electron chi connectivity index (χ1n) is 6.52. The van der Waals surface area contributed by atoms with Gasteiger partial charge in [-0.05, 0) is 49.2 Å². The van der Waals surface area contributed by atoms with Gasteiger partial charge < -0.3 is 5.73 Å². The minimum Gasteiger partial charge on any atom is -0.330 e. The second kappa shape index (κ2) is 4.86. The lowest BCUT2D eigenvalue weighted by Gasteiger charge is -2.08. The molecule has 0 saturated carbocycles. The predicted molar refractivity (Wildman–Crippen MR) is 78.6 cm³/mol. The van der Waals surface area contributed by atoms with Gasteiger partial charge in [0.15, 0.2) is 0 Å². The third kappa shape index (κ3) is 2.13. The summed E-state index contributed by atoms with van der Waals surface area (Å²) in [5.41, 5.74) is 10.4. The highest BCUT2D eigenvalue weighted by molar-refractivity contribution is 5.80. The lowest BCUT2D eigenvalue weighted by molar-refractivity contribution is 0.901. The van der Waals surface area contributed by atoms with Gasteiger partial charge in [0.05, 0.1) is 17.4 Å². The van der Waals surface area contributed by atoms with E-state index in [1.807, 2.05) is 23.0 Å². The van der Waals surface area contributed by atoms with Crippen LogP contribution in [-0.4, -0.2) is 16.3 Å². The number of para-hydroxylation sites is 1. The largest absolute Gasteiger partial charge is 0.330 e. The maximum atomic E-state index is 5.62. The van der Waals surface area contributed by atoms with Crippen LogP contribution in [0.2, 0.25) is 0 Å². The first kappa shape index (κ1) is 11.9. The molecule has 1 aromatic heterocycles. The van der Waals surface area contributed by atoms with E-state index in [-0.39, 0.29) is 0 Å². The van der Waals surface area contributed by atoms with Crippen LogP contribution in [0.3, 0.4) is 0 Å². The molecule has 0 saturated heterocycles. The quantitative estimate of drug-likeness (QED) is 0.778. The van der Waals surface area contributed by atoms with Crippen LogP contribution in [0, 0.1) is 6.92 Å². The highest BCUT2D eigenvalue weighted by Gasteiger charge is 2.05. The van der Waals surface area contributed by atoms with Crippen LogP contribution in [-0.2, 0) is 6.42 Å². The average Bonchev–Trinajstić information content (AvgIpc) is 2.85. The normalized spacial score (nSPS) is 11.1. The molecule has 1 heterocycles. The molecule has 0 fully saturated rings. The Hall–Kier alpha value is -2.13. The van der Waals surface area contributed by atoms with Crippen LogP contribution >= 0.6 is 0 Å². The van der Waals surface area contributed by atoms with Crippen LogP contribution < -0.4 is 5.73 Å². The van der Waals surface area contributed by atoms with Crippen molar-refractivity contribution in [3.05, 3.63) is 59.8 Å². The van der Waals surface area contributed by atoms with E-state index in [2.05, 4.69) is 42.4 Å². The summed E-state index contributed by atoms with van der Waals surface area (Å²) in [6.45, 7) is 2.81.